The third kappa shape index (κ3) is 3.08. The van der Waals surface area contributed by atoms with E-state index in [0.29, 0.717) is 11.1 Å². The van der Waals surface area contributed by atoms with Gasteiger partial charge in [0.15, 0.2) is 5.82 Å². The van der Waals surface area contributed by atoms with Gasteiger partial charge in [0, 0.05) is 22.3 Å². The maximum Gasteiger partial charge on any atom is 0.335 e. The number of rotatable bonds is 3. The van der Waals surface area contributed by atoms with E-state index in [9.17, 15) is 4.79 Å². The van der Waals surface area contributed by atoms with Crippen molar-refractivity contribution in [2.24, 2.45) is 0 Å². The fraction of sp³-hybridized carbons (Fsp3) is 0.357. The van der Waals surface area contributed by atoms with E-state index in [1.54, 1.807) is 12.1 Å². The van der Waals surface area contributed by atoms with E-state index in [2.05, 4.69) is 17.1 Å². The van der Waals surface area contributed by atoms with Crippen LogP contribution < -0.4 is 0 Å². The highest BCUT2D eigenvalue weighted by Crippen LogP contribution is 2.41. The van der Waals surface area contributed by atoms with Gasteiger partial charge in [-0.05, 0) is 24.3 Å². The van der Waals surface area contributed by atoms with E-state index in [1.807, 2.05) is 23.5 Å². The van der Waals surface area contributed by atoms with Gasteiger partial charge < -0.3 is 9.63 Å². The van der Waals surface area contributed by atoms with Gasteiger partial charge in [-0.2, -0.15) is 16.7 Å². The zero-order chi connectivity index (χ0) is 14.8. The molecule has 1 aromatic heterocycles. The van der Waals surface area contributed by atoms with Gasteiger partial charge in [-0.3, -0.25) is 0 Å². The second-order valence-electron chi connectivity index (χ2n) is 4.71. The van der Waals surface area contributed by atoms with E-state index < -0.39 is 5.97 Å². The van der Waals surface area contributed by atoms with Crippen molar-refractivity contribution in [1.82, 2.24) is 10.1 Å². The summed E-state index contributed by atoms with van der Waals surface area (Å²) in [6.07, 6.45) is 0. The van der Waals surface area contributed by atoms with Crippen LogP contribution in [0.15, 0.2) is 28.8 Å². The lowest BCUT2D eigenvalue weighted by atomic mass is 10.1. The molecule has 2 aromatic rings. The van der Waals surface area contributed by atoms with Crippen LogP contribution in [0, 0.1) is 0 Å². The van der Waals surface area contributed by atoms with Crippen molar-refractivity contribution < 1.29 is 14.4 Å². The van der Waals surface area contributed by atoms with Crippen LogP contribution in [-0.2, 0) is 0 Å². The summed E-state index contributed by atoms with van der Waals surface area (Å²) >= 11 is 3.78. The number of hydrogen-bond donors (Lipinski definition) is 1. The largest absolute Gasteiger partial charge is 0.478 e. The Labute approximate surface area is 130 Å². The SMILES string of the molecule is CC1SCCSC1c1noc(-c2ccc(C(=O)O)cc2)n1. The Hall–Kier alpha value is -1.47. The Morgan fingerprint density at radius 3 is 2.67 bits per heavy atom. The lowest BCUT2D eigenvalue weighted by molar-refractivity contribution is 0.0697. The van der Waals surface area contributed by atoms with E-state index in [4.69, 9.17) is 9.63 Å². The highest BCUT2D eigenvalue weighted by Gasteiger charge is 2.28. The molecule has 21 heavy (non-hydrogen) atoms. The molecule has 5 nitrogen and oxygen atoms in total. The van der Waals surface area contributed by atoms with E-state index in [-0.39, 0.29) is 10.8 Å². The van der Waals surface area contributed by atoms with Gasteiger partial charge in [0.2, 0.25) is 0 Å². The summed E-state index contributed by atoms with van der Waals surface area (Å²) in [5.41, 5.74) is 0.978. The predicted molar refractivity (Wildman–Crippen MR) is 83.8 cm³/mol. The summed E-state index contributed by atoms with van der Waals surface area (Å²) in [6, 6.07) is 6.45. The average molecular weight is 322 g/mol. The topological polar surface area (TPSA) is 76.2 Å². The van der Waals surface area contributed by atoms with Crippen LogP contribution in [0.2, 0.25) is 0 Å². The van der Waals surface area contributed by atoms with Crippen LogP contribution in [0.5, 0.6) is 0 Å². The van der Waals surface area contributed by atoms with Gasteiger partial charge in [-0.1, -0.05) is 12.1 Å². The number of carbonyl (C=O) groups is 1. The first-order valence-electron chi connectivity index (χ1n) is 6.55. The second kappa shape index (κ2) is 6.11. The van der Waals surface area contributed by atoms with Crippen LogP contribution in [0.1, 0.15) is 28.4 Å². The third-order valence-electron chi connectivity index (χ3n) is 3.26. The number of benzene rings is 1. The molecule has 0 spiro atoms. The second-order valence-corrected chi connectivity index (χ2v) is 7.44. The first-order chi connectivity index (χ1) is 10.1. The number of thioether (sulfide) groups is 2. The average Bonchev–Trinajstić information content (AvgIpc) is 2.97. The fourth-order valence-electron chi connectivity index (χ4n) is 2.14. The van der Waals surface area contributed by atoms with Gasteiger partial charge in [0.25, 0.3) is 5.89 Å². The first-order valence-corrected chi connectivity index (χ1v) is 8.65. The van der Waals surface area contributed by atoms with Crippen LogP contribution in [-0.4, -0.2) is 38.0 Å². The number of hydrogen-bond acceptors (Lipinski definition) is 6. The van der Waals surface area contributed by atoms with Gasteiger partial charge in [0.1, 0.15) is 0 Å². The third-order valence-corrected chi connectivity index (χ3v) is 6.35. The van der Waals surface area contributed by atoms with Crippen molar-refractivity contribution in [1.29, 1.82) is 0 Å². The fourth-order valence-corrected chi connectivity index (χ4v) is 4.82. The maximum atomic E-state index is 10.8. The van der Waals surface area contributed by atoms with Crippen molar-refractivity contribution in [3.05, 3.63) is 35.7 Å². The molecule has 1 saturated heterocycles. The van der Waals surface area contributed by atoms with Crippen molar-refractivity contribution >= 4 is 29.5 Å². The molecule has 2 atom stereocenters. The highest BCUT2D eigenvalue weighted by atomic mass is 32.2. The molecule has 2 unspecified atom stereocenters. The minimum atomic E-state index is -0.947. The zero-order valence-corrected chi connectivity index (χ0v) is 13.0. The molecule has 0 radical (unpaired) electrons. The normalized spacial score (nSPS) is 22.1. The molecular formula is C14H14N2O3S2. The first kappa shape index (κ1) is 14.5. The smallest absolute Gasteiger partial charge is 0.335 e. The summed E-state index contributed by atoms with van der Waals surface area (Å²) in [7, 11) is 0. The number of nitrogens with zero attached hydrogens (tertiary/aromatic N) is 2. The molecule has 0 amide bonds. The molecule has 1 aliphatic rings. The molecule has 2 heterocycles. The monoisotopic (exact) mass is 322 g/mol. The molecule has 0 aliphatic carbocycles. The van der Waals surface area contributed by atoms with E-state index >= 15 is 0 Å². The molecule has 3 rings (SSSR count). The van der Waals surface area contributed by atoms with Crippen molar-refractivity contribution in [3.63, 3.8) is 0 Å². The van der Waals surface area contributed by atoms with Crippen molar-refractivity contribution in [2.45, 2.75) is 17.4 Å². The van der Waals surface area contributed by atoms with Crippen molar-refractivity contribution in [3.8, 4) is 11.5 Å². The van der Waals surface area contributed by atoms with E-state index in [0.717, 1.165) is 22.9 Å². The molecule has 1 N–H and O–H groups in total. The van der Waals surface area contributed by atoms with Gasteiger partial charge >= 0.3 is 5.97 Å². The molecule has 1 aromatic carbocycles. The quantitative estimate of drug-likeness (QED) is 0.928. The number of carboxylic acids is 1. The standard InChI is InChI=1S/C14H14N2O3S2/c1-8-11(21-7-6-20-8)12-15-13(19-16-12)9-2-4-10(5-3-9)14(17)18/h2-5,8,11H,6-7H2,1H3,(H,17,18). The van der Waals surface area contributed by atoms with Crippen LogP contribution in [0.25, 0.3) is 11.5 Å². The Morgan fingerprint density at radius 2 is 2.00 bits per heavy atom. The van der Waals surface area contributed by atoms with Crippen LogP contribution in [0.4, 0.5) is 0 Å². The molecule has 0 bridgehead atoms. The number of carboxylic acid groups (broad SMARTS) is 1. The molecule has 1 aliphatic heterocycles. The van der Waals surface area contributed by atoms with E-state index in [1.165, 1.54) is 12.1 Å². The Morgan fingerprint density at radius 1 is 1.29 bits per heavy atom. The summed E-state index contributed by atoms with van der Waals surface area (Å²) < 4.78 is 5.32. The summed E-state index contributed by atoms with van der Waals surface area (Å²) in [5.74, 6) is 2.46. The van der Waals surface area contributed by atoms with Gasteiger partial charge in [-0.25, -0.2) is 4.79 Å². The van der Waals surface area contributed by atoms with Crippen molar-refractivity contribution in [2.75, 3.05) is 11.5 Å². The lowest BCUT2D eigenvalue weighted by Gasteiger charge is -2.24. The molecule has 1 fully saturated rings. The highest BCUT2D eigenvalue weighted by molar-refractivity contribution is 8.06. The number of aromatic carboxylic acids is 1. The Bertz CT molecular complexity index is 642. The summed E-state index contributed by atoms with van der Waals surface area (Å²) in [4.78, 5) is 15.3. The predicted octanol–water partition coefficient (Wildman–Crippen LogP) is 3.34. The summed E-state index contributed by atoms with van der Waals surface area (Å²) in [5, 5.41) is 13.7. The van der Waals surface area contributed by atoms with Crippen LogP contribution >= 0.6 is 23.5 Å². The minimum Gasteiger partial charge on any atom is -0.478 e. The molecular weight excluding hydrogens is 308 g/mol. The molecule has 110 valence electrons. The maximum absolute atomic E-state index is 10.8. The zero-order valence-electron chi connectivity index (χ0n) is 11.4. The van der Waals surface area contributed by atoms with Crippen LogP contribution in [0.3, 0.4) is 0 Å². The molecule has 7 heteroatoms. The Balaban J connectivity index is 1.82. The van der Waals surface area contributed by atoms with Gasteiger partial charge in [0.05, 0.1) is 10.8 Å². The number of aromatic nitrogens is 2. The summed E-state index contributed by atoms with van der Waals surface area (Å²) in [6.45, 7) is 2.18. The molecule has 0 saturated carbocycles. The minimum absolute atomic E-state index is 0.242. The lowest BCUT2D eigenvalue weighted by Crippen LogP contribution is -2.16. The van der Waals surface area contributed by atoms with Gasteiger partial charge in [-0.15, -0.1) is 11.8 Å². The Kier molecular flexibility index (Phi) is 4.21.